The van der Waals surface area contributed by atoms with Crippen molar-refractivity contribution in [3.05, 3.63) is 17.7 Å². The van der Waals surface area contributed by atoms with Crippen LogP contribution in [0.2, 0.25) is 0 Å². The molecular formula is C15H20N2O3. The first-order valence-corrected chi connectivity index (χ1v) is 6.96. The highest BCUT2D eigenvalue weighted by molar-refractivity contribution is 6.00. The highest BCUT2D eigenvalue weighted by atomic mass is 16.5. The van der Waals surface area contributed by atoms with Gasteiger partial charge in [-0.2, -0.15) is 0 Å². The van der Waals surface area contributed by atoms with E-state index in [9.17, 15) is 4.79 Å². The zero-order chi connectivity index (χ0) is 14.3. The van der Waals surface area contributed by atoms with E-state index in [4.69, 9.17) is 15.2 Å². The summed E-state index contributed by atoms with van der Waals surface area (Å²) >= 11 is 0. The minimum atomic E-state index is 0.00986. The van der Waals surface area contributed by atoms with Gasteiger partial charge in [-0.15, -0.1) is 0 Å². The number of piperidine rings is 1. The largest absolute Gasteiger partial charge is 0.493 e. The van der Waals surface area contributed by atoms with Gasteiger partial charge >= 0.3 is 0 Å². The third-order valence-electron chi connectivity index (χ3n) is 4.46. The van der Waals surface area contributed by atoms with Gasteiger partial charge in [-0.3, -0.25) is 4.79 Å². The van der Waals surface area contributed by atoms with Crippen LogP contribution in [0.15, 0.2) is 12.1 Å². The molecule has 1 heterocycles. The molecule has 0 aromatic heterocycles. The lowest BCUT2D eigenvalue weighted by Gasteiger charge is -2.27. The van der Waals surface area contributed by atoms with Crippen LogP contribution in [0.3, 0.4) is 0 Å². The molecule has 1 aliphatic heterocycles. The Morgan fingerprint density at radius 3 is 2.50 bits per heavy atom. The minimum Gasteiger partial charge on any atom is -0.493 e. The molecular weight excluding hydrogens is 256 g/mol. The van der Waals surface area contributed by atoms with Crippen LogP contribution in [-0.2, 0) is 0 Å². The Bertz CT molecular complexity index is 544. The standard InChI is InChI=1S/C15H20N2O3/c1-19-13-6-11(12(16)7-14(13)20-2)15(18)17-8-9-3-4-10(17)5-9/h6-7,9-10H,3-5,8,16H2,1-2H3. The number of benzene rings is 1. The van der Waals surface area contributed by atoms with E-state index in [1.807, 2.05) is 4.90 Å². The number of anilines is 1. The van der Waals surface area contributed by atoms with Crippen molar-refractivity contribution in [3.63, 3.8) is 0 Å². The van der Waals surface area contributed by atoms with Gasteiger partial charge in [0.25, 0.3) is 5.91 Å². The number of nitrogen functional groups attached to an aromatic ring is 1. The predicted octanol–water partition coefficient (Wildman–Crippen LogP) is 1.91. The average molecular weight is 276 g/mol. The first-order valence-electron chi connectivity index (χ1n) is 6.96. The van der Waals surface area contributed by atoms with Crippen molar-refractivity contribution < 1.29 is 14.3 Å². The summed E-state index contributed by atoms with van der Waals surface area (Å²) in [5.41, 5.74) is 6.95. The number of amides is 1. The van der Waals surface area contributed by atoms with Crippen molar-refractivity contribution in [1.29, 1.82) is 0 Å². The van der Waals surface area contributed by atoms with Gasteiger partial charge in [-0.05, 0) is 31.2 Å². The number of hydrogen-bond acceptors (Lipinski definition) is 4. The Labute approximate surface area is 118 Å². The molecule has 1 amide bonds. The van der Waals surface area contributed by atoms with Crippen LogP contribution in [0, 0.1) is 5.92 Å². The third-order valence-corrected chi connectivity index (χ3v) is 4.46. The molecule has 1 aromatic carbocycles. The van der Waals surface area contributed by atoms with Crippen LogP contribution in [-0.4, -0.2) is 37.6 Å². The molecule has 5 heteroatoms. The molecule has 108 valence electrons. The number of rotatable bonds is 3. The summed E-state index contributed by atoms with van der Waals surface area (Å²) in [6.07, 6.45) is 3.50. The lowest BCUT2D eigenvalue weighted by Crippen LogP contribution is -2.38. The van der Waals surface area contributed by atoms with E-state index in [2.05, 4.69) is 0 Å². The Morgan fingerprint density at radius 1 is 1.25 bits per heavy atom. The summed E-state index contributed by atoms with van der Waals surface area (Å²) in [6, 6.07) is 3.73. The maximum atomic E-state index is 12.7. The van der Waals surface area contributed by atoms with Crippen LogP contribution in [0.5, 0.6) is 11.5 Å². The quantitative estimate of drug-likeness (QED) is 0.856. The number of carbonyl (C=O) groups excluding carboxylic acids is 1. The van der Waals surface area contributed by atoms with Crippen LogP contribution >= 0.6 is 0 Å². The van der Waals surface area contributed by atoms with Crippen molar-refractivity contribution in [2.24, 2.45) is 5.92 Å². The van der Waals surface area contributed by atoms with E-state index in [-0.39, 0.29) is 5.91 Å². The summed E-state index contributed by atoms with van der Waals surface area (Å²) in [6.45, 7) is 0.858. The van der Waals surface area contributed by atoms with Gasteiger partial charge in [0, 0.05) is 24.3 Å². The Hall–Kier alpha value is -1.91. The molecule has 0 radical (unpaired) electrons. The summed E-state index contributed by atoms with van der Waals surface area (Å²) in [5, 5.41) is 0. The van der Waals surface area contributed by atoms with Crippen molar-refractivity contribution in [2.45, 2.75) is 25.3 Å². The molecule has 1 aromatic rings. The van der Waals surface area contributed by atoms with E-state index in [1.54, 1.807) is 26.4 Å². The Balaban J connectivity index is 1.91. The monoisotopic (exact) mass is 276 g/mol. The van der Waals surface area contributed by atoms with Crippen molar-refractivity contribution in [1.82, 2.24) is 4.90 Å². The number of likely N-dealkylation sites (tertiary alicyclic amines) is 1. The maximum absolute atomic E-state index is 12.7. The van der Waals surface area contributed by atoms with E-state index in [0.717, 1.165) is 19.4 Å². The van der Waals surface area contributed by atoms with Crippen LogP contribution in [0.1, 0.15) is 29.6 Å². The van der Waals surface area contributed by atoms with Gasteiger partial charge < -0.3 is 20.1 Å². The molecule has 2 fully saturated rings. The summed E-state index contributed by atoms with van der Waals surface area (Å²) in [5.74, 6) is 1.76. The van der Waals surface area contributed by atoms with Gasteiger partial charge in [0.1, 0.15) is 0 Å². The SMILES string of the molecule is COc1cc(N)c(C(=O)N2CC3CCC2C3)cc1OC. The first-order chi connectivity index (χ1) is 9.63. The molecule has 20 heavy (non-hydrogen) atoms. The highest BCUT2D eigenvalue weighted by Gasteiger charge is 2.40. The van der Waals surface area contributed by atoms with Gasteiger partial charge in [0.15, 0.2) is 11.5 Å². The smallest absolute Gasteiger partial charge is 0.256 e. The molecule has 1 saturated heterocycles. The Kier molecular flexibility index (Phi) is 3.20. The fraction of sp³-hybridized carbons (Fsp3) is 0.533. The second-order valence-corrected chi connectivity index (χ2v) is 5.58. The lowest BCUT2D eigenvalue weighted by molar-refractivity contribution is 0.0704. The average Bonchev–Trinajstić information content (AvgIpc) is 3.08. The molecule has 2 N–H and O–H groups in total. The normalized spacial score (nSPS) is 24.0. The number of carbonyl (C=O) groups is 1. The second kappa shape index (κ2) is 4.89. The number of hydrogen-bond donors (Lipinski definition) is 1. The van der Waals surface area contributed by atoms with Gasteiger partial charge in [-0.25, -0.2) is 0 Å². The topological polar surface area (TPSA) is 64.8 Å². The van der Waals surface area contributed by atoms with Crippen LogP contribution < -0.4 is 15.2 Å². The van der Waals surface area contributed by atoms with Gasteiger partial charge in [0.05, 0.1) is 19.8 Å². The third kappa shape index (κ3) is 1.97. The van der Waals surface area contributed by atoms with Crippen molar-refractivity contribution in [3.8, 4) is 11.5 Å². The molecule has 2 aliphatic rings. The summed E-state index contributed by atoms with van der Waals surface area (Å²) in [7, 11) is 3.11. The molecule has 3 rings (SSSR count). The van der Waals surface area contributed by atoms with Crippen molar-refractivity contribution >= 4 is 11.6 Å². The number of ether oxygens (including phenoxy) is 2. The van der Waals surface area contributed by atoms with Gasteiger partial charge in [0.2, 0.25) is 0 Å². The van der Waals surface area contributed by atoms with E-state index < -0.39 is 0 Å². The molecule has 2 bridgehead atoms. The second-order valence-electron chi connectivity index (χ2n) is 5.58. The van der Waals surface area contributed by atoms with Crippen molar-refractivity contribution in [2.75, 3.05) is 26.5 Å². The van der Waals surface area contributed by atoms with E-state index >= 15 is 0 Å². The molecule has 5 nitrogen and oxygen atoms in total. The molecule has 1 saturated carbocycles. The fourth-order valence-corrected chi connectivity index (χ4v) is 3.41. The highest BCUT2D eigenvalue weighted by Crippen LogP contribution is 2.39. The maximum Gasteiger partial charge on any atom is 0.256 e. The Morgan fingerprint density at radius 2 is 1.95 bits per heavy atom. The van der Waals surface area contributed by atoms with Crippen LogP contribution in [0.4, 0.5) is 5.69 Å². The summed E-state index contributed by atoms with van der Waals surface area (Å²) < 4.78 is 10.5. The number of methoxy groups -OCH3 is 2. The van der Waals surface area contributed by atoms with E-state index in [0.29, 0.717) is 34.7 Å². The fourth-order valence-electron chi connectivity index (χ4n) is 3.41. The summed E-state index contributed by atoms with van der Waals surface area (Å²) in [4.78, 5) is 14.6. The van der Waals surface area contributed by atoms with E-state index in [1.165, 1.54) is 6.42 Å². The minimum absolute atomic E-state index is 0.00986. The number of nitrogens with two attached hydrogens (primary N) is 1. The number of fused-ring (bicyclic) bond motifs is 2. The molecule has 0 spiro atoms. The molecule has 2 unspecified atom stereocenters. The molecule has 2 atom stereocenters. The molecule has 1 aliphatic carbocycles. The zero-order valence-electron chi connectivity index (χ0n) is 11.9. The first kappa shape index (κ1) is 13.1. The predicted molar refractivity (Wildman–Crippen MR) is 76.1 cm³/mol. The number of nitrogens with zero attached hydrogens (tertiary/aromatic N) is 1. The van der Waals surface area contributed by atoms with Crippen LogP contribution in [0.25, 0.3) is 0 Å². The van der Waals surface area contributed by atoms with Gasteiger partial charge in [-0.1, -0.05) is 0 Å². The lowest BCUT2D eigenvalue weighted by atomic mass is 10.1. The zero-order valence-corrected chi connectivity index (χ0v) is 11.9.